The Balaban J connectivity index is 5.41. The molecule has 0 saturated heterocycles. The molecule has 0 aromatic heterocycles. The van der Waals surface area contributed by atoms with Crippen molar-refractivity contribution < 1.29 is 80.2 Å². The summed E-state index contributed by atoms with van der Waals surface area (Å²) in [6.45, 7) is 4.65. The first kappa shape index (κ1) is 97.7. The molecule has 0 saturated carbocycles. The number of aliphatic hydroxyl groups is 1. The highest BCUT2D eigenvalue weighted by Gasteiger charge is 2.30. The molecule has 0 aromatic rings. The molecule has 0 radical (unpaired) electrons. The molecule has 102 heavy (non-hydrogen) atoms. The Morgan fingerprint density at radius 3 is 0.853 bits per heavy atom. The van der Waals surface area contributed by atoms with Gasteiger partial charge in [0.2, 0.25) is 0 Å². The number of phosphoric ester groups is 2. The number of aliphatic hydroxyl groups excluding tert-OH is 1. The van der Waals surface area contributed by atoms with Crippen molar-refractivity contribution in [3.05, 3.63) is 109 Å². The first-order chi connectivity index (χ1) is 49.7. The van der Waals surface area contributed by atoms with Crippen molar-refractivity contribution in [2.75, 3.05) is 39.6 Å². The molecule has 19 heteroatoms. The van der Waals surface area contributed by atoms with Gasteiger partial charge in [-0.1, -0.05) is 278 Å². The lowest BCUT2D eigenvalue weighted by Gasteiger charge is -2.21. The molecule has 0 aromatic carbocycles. The molecule has 0 heterocycles. The van der Waals surface area contributed by atoms with E-state index in [-0.39, 0.29) is 25.7 Å². The van der Waals surface area contributed by atoms with Gasteiger partial charge in [-0.15, -0.1) is 0 Å². The van der Waals surface area contributed by atoms with Crippen molar-refractivity contribution in [1.82, 2.24) is 0 Å². The van der Waals surface area contributed by atoms with Gasteiger partial charge in [-0.25, -0.2) is 9.13 Å². The van der Waals surface area contributed by atoms with Gasteiger partial charge in [0.15, 0.2) is 12.2 Å². The van der Waals surface area contributed by atoms with E-state index >= 15 is 0 Å². The van der Waals surface area contributed by atoms with Crippen LogP contribution in [0.3, 0.4) is 0 Å². The van der Waals surface area contributed by atoms with Crippen LogP contribution >= 0.6 is 15.6 Å². The summed E-state index contributed by atoms with van der Waals surface area (Å²) in [6.07, 6.45) is 80.8. The van der Waals surface area contributed by atoms with E-state index in [1.165, 1.54) is 103 Å². The van der Waals surface area contributed by atoms with Gasteiger partial charge in [-0.2, -0.15) is 0 Å². The van der Waals surface area contributed by atoms with Gasteiger partial charge in [-0.3, -0.25) is 37.3 Å². The molecule has 0 aliphatic rings. The van der Waals surface area contributed by atoms with E-state index in [2.05, 4.69) is 119 Å². The second-order valence-corrected chi connectivity index (χ2v) is 29.5. The molecule has 0 bridgehead atoms. The van der Waals surface area contributed by atoms with Crippen molar-refractivity contribution in [2.45, 2.75) is 354 Å². The van der Waals surface area contributed by atoms with Crippen LogP contribution in [0.5, 0.6) is 0 Å². The Hall–Kier alpha value is -4.28. The highest BCUT2D eigenvalue weighted by Crippen LogP contribution is 2.45. The number of hydrogen-bond donors (Lipinski definition) is 3. The third-order valence-corrected chi connectivity index (χ3v) is 18.6. The minimum absolute atomic E-state index is 0.0337. The van der Waals surface area contributed by atoms with Crippen LogP contribution in [0.1, 0.15) is 336 Å². The van der Waals surface area contributed by atoms with E-state index in [4.69, 9.17) is 37.0 Å². The third kappa shape index (κ3) is 74.0. The summed E-state index contributed by atoms with van der Waals surface area (Å²) in [5, 5.41) is 10.6. The molecule has 588 valence electrons. The predicted octanol–water partition coefficient (Wildman–Crippen LogP) is 23.3. The van der Waals surface area contributed by atoms with Crippen LogP contribution in [0.4, 0.5) is 0 Å². The molecule has 0 fully saturated rings. The van der Waals surface area contributed by atoms with Gasteiger partial charge in [0.25, 0.3) is 0 Å². The summed E-state index contributed by atoms with van der Waals surface area (Å²) in [6, 6.07) is 0. The average Bonchev–Trinajstić information content (AvgIpc) is 0.908. The van der Waals surface area contributed by atoms with E-state index in [9.17, 15) is 43.2 Å². The highest BCUT2D eigenvalue weighted by molar-refractivity contribution is 7.47. The van der Waals surface area contributed by atoms with Crippen LogP contribution < -0.4 is 0 Å². The van der Waals surface area contributed by atoms with Crippen LogP contribution in [-0.4, -0.2) is 96.7 Å². The maximum Gasteiger partial charge on any atom is 0.472 e. The lowest BCUT2D eigenvalue weighted by Crippen LogP contribution is -2.30. The number of unbranched alkanes of at least 4 members (excludes halogenated alkanes) is 31. The van der Waals surface area contributed by atoms with Crippen molar-refractivity contribution in [2.24, 2.45) is 0 Å². The molecule has 0 aliphatic carbocycles. The number of ether oxygens (including phenoxy) is 4. The Kier molecular flexibility index (Phi) is 71.8. The number of allylic oxidation sites excluding steroid dienone is 18. The molecular formula is C83H144O17P2. The molecule has 3 N–H and O–H groups in total. The van der Waals surface area contributed by atoms with Crippen molar-refractivity contribution in [1.29, 1.82) is 0 Å². The minimum Gasteiger partial charge on any atom is -0.462 e. The fraction of sp³-hybridized carbons (Fsp3) is 0.735. The normalized spacial score (nSPS) is 14.5. The summed E-state index contributed by atoms with van der Waals surface area (Å²) < 4.78 is 68.5. The number of carbonyl (C=O) groups excluding carboxylic acids is 4. The Morgan fingerprint density at radius 2 is 0.529 bits per heavy atom. The van der Waals surface area contributed by atoms with E-state index in [0.29, 0.717) is 32.1 Å². The molecule has 0 spiro atoms. The van der Waals surface area contributed by atoms with Crippen molar-refractivity contribution >= 4 is 39.5 Å². The van der Waals surface area contributed by atoms with Crippen molar-refractivity contribution in [3.63, 3.8) is 0 Å². The van der Waals surface area contributed by atoms with Crippen LogP contribution in [0.15, 0.2) is 109 Å². The molecule has 0 amide bonds. The Labute approximate surface area is 619 Å². The second kappa shape index (κ2) is 75.0. The van der Waals surface area contributed by atoms with Crippen LogP contribution in [-0.2, 0) is 65.4 Å². The standard InChI is InChI=1S/C83H144O17P2/c1-5-9-13-17-21-25-29-33-36-37-38-39-42-45-48-52-56-60-64-68-81(86)94-73-78(99-82(87)69-65-61-57-53-49-43-32-28-24-20-16-12-8-4)75-97-101(89,90)95-71-77(84)72-96-102(91,92)98-76-79(100-83(88)70-66-62-58-54-50-46-41-35-31-27-23-19-15-11-7-3)74-93-80(85)67-63-59-55-51-47-44-40-34-30-26-22-18-14-10-6-2/h9,13,21,25,28,32-36,38-41,45,48,56,60,77-79,84H,5-8,10-12,14-20,22-24,26-27,29-31,37,42-44,46-47,49-55,57-59,61-76H2,1-4H3,(H,89,90)(H,91,92)/b13-9-,25-21-,32-28-,36-33-,39-38-,40-34-,41-35-,48-45-,60-56-/t77-,78-,79-/m1/s1. The summed E-state index contributed by atoms with van der Waals surface area (Å²) in [7, 11) is -9.98. The summed E-state index contributed by atoms with van der Waals surface area (Å²) >= 11 is 0. The average molecular weight is 1480 g/mol. The lowest BCUT2D eigenvalue weighted by molar-refractivity contribution is -0.161. The summed E-state index contributed by atoms with van der Waals surface area (Å²) in [5.74, 6) is -2.29. The van der Waals surface area contributed by atoms with Gasteiger partial charge in [0, 0.05) is 25.7 Å². The third-order valence-electron chi connectivity index (χ3n) is 16.7. The van der Waals surface area contributed by atoms with E-state index < -0.39 is 97.5 Å². The van der Waals surface area contributed by atoms with Crippen LogP contribution in [0.2, 0.25) is 0 Å². The molecule has 2 unspecified atom stereocenters. The quantitative estimate of drug-likeness (QED) is 0.0169. The summed E-state index contributed by atoms with van der Waals surface area (Å²) in [4.78, 5) is 72.9. The first-order valence-electron chi connectivity index (χ1n) is 40.1. The molecular weight excluding hydrogens is 1330 g/mol. The van der Waals surface area contributed by atoms with E-state index in [0.717, 1.165) is 148 Å². The first-order valence-corrected chi connectivity index (χ1v) is 43.1. The topological polar surface area (TPSA) is 237 Å². The van der Waals surface area contributed by atoms with Gasteiger partial charge < -0.3 is 33.8 Å². The fourth-order valence-electron chi connectivity index (χ4n) is 10.6. The van der Waals surface area contributed by atoms with Gasteiger partial charge in [0.1, 0.15) is 19.3 Å². The van der Waals surface area contributed by atoms with Crippen molar-refractivity contribution in [3.8, 4) is 0 Å². The summed E-state index contributed by atoms with van der Waals surface area (Å²) in [5.41, 5.74) is 0. The minimum atomic E-state index is -4.99. The number of phosphoric acid groups is 2. The number of hydrogen-bond acceptors (Lipinski definition) is 15. The van der Waals surface area contributed by atoms with Gasteiger partial charge in [0.05, 0.1) is 26.4 Å². The maximum atomic E-state index is 13.1. The zero-order valence-corrected chi connectivity index (χ0v) is 66.0. The SMILES string of the molecule is CC/C=C\C/C=C\C/C=C\C/C=C\C/C=C\C/C=C\CCC(=O)OC[C@H](COP(=O)(O)OC[C@@H](O)COP(=O)(O)OC[C@@H](COC(=O)CCCCCCC/C=C\CCCCCCCC)OC(=O)CCCCCCC/C=C\CCCCCCCC)OC(=O)CCCCCCC/C=C\CCCCCC. The fourth-order valence-corrected chi connectivity index (χ4v) is 12.2. The Morgan fingerprint density at radius 1 is 0.284 bits per heavy atom. The smallest absolute Gasteiger partial charge is 0.462 e. The maximum absolute atomic E-state index is 13.1. The number of rotatable bonds is 75. The zero-order valence-electron chi connectivity index (χ0n) is 64.3. The zero-order chi connectivity index (χ0) is 74.6. The van der Waals surface area contributed by atoms with Crippen LogP contribution in [0.25, 0.3) is 0 Å². The van der Waals surface area contributed by atoms with E-state index in [1.807, 2.05) is 18.2 Å². The molecule has 0 aliphatic heterocycles. The molecule has 0 rings (SSSR count). The largest absolute Gasteiger partial charge is 0.472 e. The van der Waals surface area contributed by atoms with E-state index in [1.54, 1.807) is 0 Å². The monoisotopic (exact) mass is 1470 g/mol. The molecule has 17 nitrogen and oxygen atoms in total. The number of esters is 4. The molecule has 5 atom stereocenters. The van der Waals surface area contributed by atoms with Gasteiger partial charge in [-0.05, 0) is 141 Å². The number of carbonyl (C=O) groups is 4. The Bertz CT molecular complexity index is 2360. The second-order valence-electron chi connectivity index (χ2n) is 26.6. The van der Waals surface area contributed by atoms with Gasteiger partial charge >= 0.3 is 39.5 Å². The predicted molar refractivity (Wildman–Crippen MR) is 418 cm³/mol. The highest BCUT2D eigenvalue weighted by atomic mass is 31.2. The van der Waals surface area contributed by atoms with Crippen LogP contribution in [0, 0.1) is 0 Å². The lowest BCUT2D eigenvalue weighted by atomic mass is 10.1.